The van der Waals surface area contributed by atoms with Crippen molar-refractivity contribution in [1.29, 1.82) is 0 Å². The molecule has 0 radical (unpaired) electrons. The topological polar surface area (TPSA) is 40.5 Å². The molecule has 0 aliphatic carbocycles. The van der Waals surface area contributed by atoms with Gasteiger partial charge in [0.15, 0.2) is 0 Å². The number of rotatable bonds is 3. The molecule has 8 heavy (non-hydrogen) atoms. The van der Waals surface area contributed by atoms with Crippen molar-refractivity contribution in [2.45, 2.75) is 11.6 Å². The van der Waals surface area contributed by atoms with Crippen LogP contribution in [0.5, 0.6) is 0 Å². The summed E-state index contributed by atoms with van der Waals surface area (Å²) in [6.45, 7) is 0.307. The first-order valence-electron chi connectivity index (χ1n) is 2.84. The lowest BCUT2D eigenvalue weighted by Crippen LogP contribution is -2.19. The molecule has 0 aliphatic heterocycles. The fraction of sp³-hybridized carbons (Fsp3) is 1.00. The summed E-state index contributed by atoms with van der Waals surface area (Å²) in [5.41, 5.74) is 0. The van der Waals surface area contributed by atoms with Crippen LogP contribution in [0.15, 0.2) is 0 Å². The monoisotopic (exact) mass is 114 g/mol. The average molecular weight is 114 g/mol. The molecule has 0 amide bonds. The van der Waals surface area contributed by atoms with Crippen LogP contribution in [0.4, 0.5) is 0 Å². The lowest BCUT2D eigenvalue weighted by Gasteiger charge is -2.18. The zero-order valence-electron chi connectivity index (χ0n) is 5.52. The van der Waals surface area contributed by atoms with Gasteiger partial charge < -0.3 is 10.2 Å². The summed E-state index contributed by atoms with van der Waals surface area (Å²) >= 11 is 0. The summed E-state index contributed by atoms with van der Waals surface area (Å²) in [7, 11) is 3.84. The maximum Gasteiger partial charge on any atom is 0.102 e. The van der Waals surface area contributed by atoms with Crippen molar-refractivity contribution in [3.05, 3.63) is 0 Å². The Bertz CT molecular complexity index is 65.1. The Morgan fingerprint density at radius 1 is 1.25 bits per heavy atom. The van der Waals surface area contributed by atoms with Crippen molar-refractivity contribution in [2.75, 3.05) is 13.2 Å². The molecule has 0 saturated carbocycles. The molecule has 0 atom stereocenters. The molecule has 0 rings (SSSR count). The molecule has 0 aromatic carbocycles. The summed E-state index contributed by atoms with van der Waals surface area (Å²) in [4.78, 5) is 0. The highest BCUT2D eigenvalue weighted by Gasteiger charge is 2.14. The van der Waals surface area contributed by atoms with E-state index in [4.69, 9.17) is 10.2 Å². The largest absolute Gasteiger partial charge is 0.397 e. The molecule has 4 heteroatoms. The standard InChI is InChI=1S/C4H12B2O2/c5-4(6,3-8)1-2-7/h7-8H,1-3,5-6H2. The number of aliphatic hydroxyl groups is 2. The SMILES string of the molecule is BC(B)(CO)CCO. The van der Waals surface area contributed by atoms with Crippen LogP contribution in [-0.2, 0) is 0 Å². The van der Waals surface area contributed by atoms with Crippen LogP contribution in [-0.4, -0.2) is 39.1 Å². The van der Waals surface area contributed by atoms with Crippen LogP contribution in [0.2, 0.25) is 5.21 Å². The van der Waals surface area contributed by atoms with Gasteiger partial charge in [0.2, 0.25) is 0 Å². The summed E-state index contributed by atoms with van der Waals surface area (Å²) in [6, 6.07) is 0. The van der Waals surface area contributed by atoms with Gasteiger partial charge in [-0.2, -0.15) is 0 Å². The van der Waals surface area contributed by atoms with Gasteiger partial charge in [-0.3, -0.25) is 0 Å². The van der Waals surface area contributed by atoms with Crippen LogP contribution in [0, 0.1) is 0 Å². The minimum absolute atomic E-state index is 0.102. The van der Waals surface area contributed by atoms with Gasteiger partial charge >= 0.3 is 0 Å². The molecule has 46 valence electrons. The quantitative estimate of drug-likeness (QED) is 0.406. The molecular weight excluding hydrogens is 102 g/mol. The Kier molecular flexibility index (Phi) is 3.17. The van der Waals surface area contributed by atoms with Gasteiger partial charge in [-0.25, -0.2) is 0 Å². The fourth-order valence-corrected chi connectivity index (χ4v) is 0.382. The predicted molar refractivity (Wildman–Crippen MR) is 38.6 cm³/mol. The first-order chi connectivity index (χ1) is 3.62. The maximum atomic E-state index is 8.61. The molecule has 0 heterocycles. The van der Waals surface area contributed by atoms with Crippen LogP contribution >= 0.6 is 0 Å². The molecule has 0 bridgehead atoms. The Balaban J connectivity index is 3.37. The minimum atomic E-state index is -0.102. The Morgan fingerprint density at radius 3 is 1.88 bits per heavy atom. The van der Waals surface area contributed by atoms with E-state index in [1.54, 1.807) is 0 Å². The van der Waals surface area contributed by atoms with Gasteiger partial charge in [-0.1, -0.05) is 5.21 Å². The van der Waals surface area contributed by atoms with Crippen molar-refractivity contribution < 1.29 is 10.2 Å². The highest BCUT2D eigenvalue weighted by Crippen LogP contribution is 2.17. The Labute approximate surface area is 51.7 Å². The van der Waals surface area contributed by atoms with Crippen LogP contribution in [0.1, 0.15) is 6.42 Å². The van der Waals surface area contributed by atoms with Crippen LogP contribution in [0.25, 0.3) is 0 Å². The van der Waals surface area contributed by atoms with E-state index in [0.29, 0.717) is 6.42 Å². The van der Waals surface area contributed by atoms with Gasteiger partial charge in [0.1, 0.15) is 15.7 Å². The number of aliphatic hydroxyl groups excluding tert-OH is 2. The molecule has 2 nitrogen and oxygen atoms in total. The van der Waals surface area contributed by atoms with Crippen molar-refractivity contribution >= 4 is 15.7 Å². The van der Waals surface area contributed by atoms with Crippen molar-refractivity contribution in [3.63, 3.8) is 0 Å². The normalized spacial score (nSPS) is 11.8. The summed E-state index contributed by atoms with van der Waals surface area (Å²) < 4.78 is 0. The smallest absolute Gasteiger partial charge is 0.102 e. The van der Waals surface area contributed by atoms with E-state index < -0.39 is 0 Å². The average Bonchev–Trinajstić information content (AvgIpc) is 1.67. The molecule has 0 saturated heterocycles. The van der Waals surface area contributed by atoms with E-state index in [9.17, 15) is 0 Å². The van der Waals surface area contributed by atoms with E-state index in [1.807, 2.05) is 15.7 Å². The zero-order valence-corrected chi connectivity index (χ0v) is 5.52. The molecule has 2 N–H and O–H groups in total. The third-order valence-corrected chi connectivity index (χ3v) is 1.22. The Hall–Kier alpha value is 0.0499. The Morgan fingerprint density at radius 2 is 1.75 bits per heavy atom. The number of hydrogen-bond donors (Lipinski definition) is 2. The third-order valence-electron chi connectivity index (χ3n) is 1.22. The molecule has 0 unspecified atom stereocenters. The van der Waals surface area contributed by atoms with Crippen LogP contribution < -0.4 is 0 Å². The van der Waals surface area contributed by atoms with Gasteiger partial charge in [0.25, 0.3) is 0 Å². The lowest BCUT2D eigenvalue weighted by atomic mass is 9.53. The fourth-order valence-electron chi connectivity index (χ4n) is 0.382. The molecule has 0 fully saturated rings. The second-order valence-corrected chi connectivity index (χ2v) is 2.80. The molecule has 0 aliphatic rings. The van der Waals surface area contributed by atoms with Crippen molar-refractivity contribution in [2.24, 2.45) is 0 Å². The minimum Gasteiger partial charge on any atom is -0.397 e. The first kappa shape index (κ1) is 8.05. The van der Waals surface area contributed by atoms with Crippen molar-refractivity contribution in [3.8, 4) is 0 Å². The molecule has 0 aromatic rings. The van der Waals surface area contributed by atoms with E-state index in [-0.39, 0.29) is 18.4 Å². The third kappa shape index (κ3) is 3.10. The second-order valence-electron chi connectivity index (χ2n) is 2.80. The highest BCUT2D eigenvalue weighted by molar-refractivity contribution is 6.39. The molecule has 0 spiro atoms. The number of hydrogen-bond acceptors (Lipinski definition) is 2. The summed E-state index contributed by atoms with van der Waals surface area (Å²) in [6.07, 6.45) is 0.670. The highest BCUT2D eigenvalue weighted by atomic mass is 16.3. The molecular formula is C4H12B2O2. The van der Waals surface area contributed by atoms with Gasteiger partial charge in [0, 0.05) is 13.2 Å². The van der Waals surface area contributed by atoms with E-state index >= 15 is 0 Å². The van der Waals surface area contributed by atoms with Gasteiger partial charge in [-0.15, -0.1) is 0 Å². The van der Waals surface area contributed by atoms with E-state index in [0.717, 1.165) is 0 Å². The molecule has 0 aromatic heterocycles. The van der Waals surface area contributed by atoms with E-state index in [1.165, 1.54) is 0 Å². The van der Waals surface area contributed by atoms with Crippen LogP contribution in [0.3, 0.4) is 0 Å². The maximum absolute atomic E-state index is 8.61. The van der Waals surface area contributed by atoms with Gasteiger partial charge in [-0.05, 0) is 6.42 Å². The van der Waals surface area contributed by atoms with E-state index in [2.05, 4.69) is 0 Å². The predicted octanol–water partition coefficient (Wildman–Crippen LogP) is -2.26. The summed E-state index contributed by atoms with van der Waals surface area (Å²) in [5.74, 6) is 0. The zero-order chi connectivity index (χ0) is 6.62. The first-order valence-corrected chi connectivity index (χ1v) is 2.84. The summed E-state index contributed by atoms with van der Waals surface area (Å²) in [5, 5.41) is 16.9. The lowest BCUT2D eigenvalue weighted by molar-refractivity contribution is 0.229. The van der Waals surface area contributed by atoms with Gasteiger partial charge in [0.05, 0.1) is 0 Å². The van der Waals surface area contributed by atoms with Crippen molar-refractivity contribution in [1.82, 2.24) is 0 Å². The second kappa shape index (κ2) is 3.15.